The Labute approximate surface area is 158 Å². The van der Waals surface area contributed by atoms with Crippen LogP contribution < -0.4 is 11.1 Å². The van der Waals surface area contributed by atoms with Gasteiger partial charge in [0.1, 0.15) is 0 Å². The molecule has 0 aliphatic heterocycles. The van der Waals surface area contributed by atoms with Crippen molar-refractivity contribution >= 4 is 29.2 Å². The van der Waals surface area contributed by atoms with E-state index in [2.05, 4.69) is 5.32 Å². The topological polar surface area (TPSA) is 81.4 Å². The molecule has 26 heavy (non-hydrogen) atoms. The van der Waals surface area contributed by atoms with Gasteiger partial charge in [-0.25, -0.2) is 4.79 Å². The summed E-state index contributed by atoms with van der Waals surface area (Å²) < 4.78 is 5.11. The van der Waals surface area contributed by atoms with Crippen LogP contribution in [0.2, 0.25) is 5.02 Å². The van der Waals surface area contributed by atoms with E-state index in [1.54, 1.807) is 6.07 Å². The van der Waals surface area contributed by atoms with Gasteiger partial charge in [0, 0.05) is 6.54 Å². The first-order chi connectivity index (χ1) is 12.4. The van der Waals surface area contributed by atoms with Crippen LogP contribution in [0, 0.1) is 23.2 Å². The first-order valence-corrected chi connectivity index (χ1v) is 9.79. The molecule has 0 atom stereocenters. The zero-order valence-corrected chi connectivity index (χ0v) is 15.6. The lowest BCUT2D eigenvalue weighted by molar-refractivity contribution is -0.126. The fraction of sp³-hybridized carbons (Fsp3) is 0.600. The highest BCUT2D eigenvalue weighted by molar-refractivity contribution is 6.33. The predicted octanol–water partition coefficient (Wildman–Crippen LogP) is 3.41. The molecule has 5 nitrogen and oxygen atoms in total. The Balaban J connectivity index is 1.27. The number of carbonyl (C=O) groups is 2. The van der Waals surface area contributed by atoms with Crippen LogP contribution >= 0.6 is 11.6 Å². The molecule has 4 bridgehead atoms. The zero-order chi connectivity index (χ0) is 18.3. The number of halogens is 1. The number of hydrogen-bond acceptors (Lipinski definition) is 4. The minimum Gasteiger partial charge on any atom is -0.452 e. The molecule has 0 radical (unpaired) electrons. The Kier molecular flexibility index (Phi) is 4.59. The fourth-order valence-corrected chi connectivity index (χ4v) is 5.85. The Morgan fingerprint density at radius 1 is 1.15 bits per heavy atom. The van der Waals surface area contributed by atoms with Crippen molar-refractivity contribution in [1.29, 1.82) is 0 Å². The summed E-state index contributed by atoms with van der Waals surface area (Å²) in [5.74, 6) is 1.75. The van der Waals surface area contributed by atoms with Crippen LogP contribution in [0.3, 0.4) is 0 Å². The predicted molar refractivity (Wildman–Crippen MR) is 99.8 cm³/mol. The number of nitrogen functional groups attached to an aromatic ring is 1. The maximum atomic E-state index is 12.2. The lowest BCUT2D eigenvalue weighted by atomic mass is 9.49. The van der Waals surface area contributed by atoms with E-state index in [1.165, 1.54) is 50.7 Å². The minimum atomic E-state index is -0.571. The average molecular weight is 377 g/mol. The van der Waals surface area contributed by atoms with E-state index in [0.29, 0.717) is 22.8 Å². The highest BCUT2D eigenvalue weighted by atomic mass is 35.5. The number of carbonyl (C=O) groups excluding carboxylic acids is 2. The van der Waals surface area contributed by atoms with Crippen LogP contribution in [0.15, 0.2) is 18.2 Å². The van der Waals surface area contributed by atoms with Crippen molar-refractivity contribution in [3.05, 3.63) is 28.8 Å². The van der Waals surface area contributed by atoms with E-state index in [-0.39, 0.29) is 17.9 Å². The fourth-order valence-electron chi connectivity index (χ4n) is 5.73. The van der Waals surface area contributed by atoms with Gasteiger partial charge >= 0.3 is 5.97 Å². The lowest BCUT2D eigenvalue weighted by Gasteiger charge is -2.56. The first-order valence-electron chi connectivity index (χ1n) is 9.41. The van der Waals surface area contributed by atoms with Gasteiger partial charge in [-0.1, -0.05) is 11.6 Å². The Bertz CT molecular complexity index is 698. The van der Waals surface area contributed by atoms with E-state index in [1.807, 2.05) is 0 Å². The molecule has 1 aromatic rings. The average Bonchev–Trinajstić information content (AvgIpc) is 2.59. The SMILES string of the molecule is Nc1cc(C(=O)OCC(=O)NCC23CC4CC(CC(C4)C2)C3)ccc1Cl. The summed E-state index contributed by atoms with van der Waals surface area (Å²) in [7, 11) is 0. The Morgan fingerprint density at radius 2 is 1.77 bits per heavy atom. The van der Waals surface area contributed by atoms with Gasteiger partial charge in [0.25, 0.3) is 5.91 Å². The molecule has 0 aromatic heterocycles. The van der Waals surface area contributed by atoms with Crippen molar-refractivity contribution in [2.45, 2.75) is 38.5 Å². The third kappa shape index (κ3) is 3.54. The molecule has 0 spiro atoms. The monoisotopic (exact) mass is 376 g/mol. The van der Waals surface area contributed by atoms with Gasteiger partial charge in [-0.2, -0.15) is 0 Å². The second-order valence-electron chi connectivity index (χ2n) is 8.51. The molecule has 1 amide bonds. The second kappa shape index (κ2) is 6.76. The summed E-state index contributed by atoms with van der Waals surface area (Å²) in [5.41, 5.74) is 6.57. The first kappa shape index (κ1) is 17.7. The van der Waals surface area contributed by atoms with Crippen LogP contribution in [0.25, 0.3) is 0 Å². The molecule has 0 saturated heterocycles. The van der Waals surface area contributed by atoms with Gasteiger partial charge in [0.2, 0.25) is 0 Å². The number of esters is 1. The molecule has 6 heteroatoms. The summed E-state index contributed by atoms with van der Waals surface area (Å²) in [6, 6.07) is 4.53. The van der Waals surface area contributed by atoms with Crippen LogP contribution in [-0.4, -0.2) is 25.0 Å². The molecule has 4 fully saturated rings. The number of rotatable bonds is 5. The van der Waals surface area contributed by atoms with Crippen LogP contribution in [0.1, 0.15) is 48.9 Å². The minimum absolute atomic E-state index is 0.240. The molecule has 4 saturated carbocycles. The van der Waals surface area contributed by atoms with Gasteiger partial charge in [0.15, 0.2) is 6.61 Å². The summed E-state index contributed by atoms with van der Waals surface area (Å²) in [5, 5.41) is 3.39. The molecule has 4 aliphatic rings. The molecule has 0 unspecified atom stereocenters. The van der Waals surface area contributed by atoms with Crippen molar-refractivity contribution in [3.63, 3.8) is 0 Å². The molecular formula is C20H25ClN2O3. The third-order valence-corrected chi connectivity index (χ3v) is 6.74. The standard InChI is InChI=1S/C20H25ClN2O3/c21-16-2-1-15(6-17(16)22)19(25)26-10-18(24)23-11-20-7-12-3-13(8-20)5-14(4-12)9-20/h1-2,6,12-14H,3-5,7-11,22H2,(H,23,24). The number of anilines is 1. The van der Waals surface area contributed by atoms with Crippen molar-refractivity contribution in [2.24, 2.45) is 23.2 Å². The van der Waals surface area contributed by atoms with E-state index in [4.69, 9.17) is 22.1 Å². The summed E-state index contributed by atoms with van der Waals surface area (Å²) in [6.45, 7) is 0.439. The Morgan fingerprint density at radius 3 is 2.35 bits per heavy atom. The molecule has 1 aromatic carbocycles. The van der Waals surface area contributed by atoms with Gasteiger partial charge < -0.3 is 15.8 Å². The largest absolute Gasteiger partial charge is 0.452 e. The zero-order valence-electron chi connectivity index (χ0n) is 14.8. The van der Waals surface area contributed by atoms with E-state index >= 15 is 0 Å². The second-order valence-corrected chi connectivity index (χ2v) is 8.91. The number of nitrogens with one attached hydrogen (secondary N) is 1. The van der Waals surface area contributed by atoms with Gasteiger partial charge in [-0.05, 0) is 79.9 Å². The van der Waals surface area contributed by atoms with Gasteiger partial charge in [0.05, 0.1) is 16.3 Å². The normalized spacial score (nSPS) is 31.7. The molecule has 140 valence electrons. The van der Waals surface area contributed by atoms with Crippen LogP contribution in [0.4, 0.5) is 5.69 Å². The van der Waals surface area contributed by atoms with Crippen LogP contribution in [-0.2, 0) is 9.53 Å². The number of ether oxygens (including phenoxy) is 1. The van der Waals surface area contributed by atoms with Crippen molar-refractivity contribution in [1.82, 2.24) is 5.32 Å². The van der Waals surface area contributed by atoms with Crippen molar-refractivity contribution in [3.8, 4) is 0 Å². The quantitative estimate of drug-likeness (QED) is 0.609. The summed E-state index contributed by atoms with van der Waals surface area (Å²) in [4.78, 5) is 24.2. The maximum Gasteiger partial charge on any atom is 0.338 e. The number of benzene rings is 1. The molecule has 3 N–H and O–H groups in total. The highest BCUT2D eigenvalue weighted by Gasteiger charge is 2.50. The van der Waals surface area contributed by atoms with Crippen molar-refractivity contribution < 1.29 is 14.3 Å². The Hall–Kier alpha value is -1.75. The number of hydrogen-bond donors (Lipinski definition) is 2. The van der Waals surface area contributed by atoms with E-state index < -0.39 is 5.97 Å². The number of nitrogens with two attached hydrogens (primary N) is 1. The smallest absolute Gasteiger partial charge is 0.338 e. The number of amides is 1. The molecular weight excluding hydrogens is 352 g/mol. The van der Waals surface area contributed by atoms with Gasteiger partial charge in [-0.3, -0.25) is 4.79 Å². The lowest BCUT2D eigenvalue weighted by Crippen LogP contribution is -2.51. The van der Waals surface area contributed by atoms with E-state index in [9.17, 15) is 9.59 Å². The van der Waals surface area contributed by atoms with Crippen LogP contribution in [0.5, 0.6) is 0 Å². The highest BCUT2D eigenvalue weighted by Crippen LogP contribution is 2.59. The van der Waals surface area contributed by atoms with Crippen molar-refractivity contribution in [2.75, 3.05) is 18.9 Å². The third-order valence-electron chi connectivity index (χ3n) is 6.39. The van der Waals surface area contributed by atoms with E-state index in [0.717, 1.165) is 17.8 Å². The van der Waals surface area contributed by atoms with Gasteiger partial charge in [-0.15, -0.1) is 0 Å². The molecule has 5 rings (SSSR count). The summed E-state index contributed by atoms with van der Waals surface area (Å²) in [6.07, 6.45) is 7.87. The summed E-state index contributed by atoms with van der Waals surface area (Å²) >= 11 is 5.84. The molecule has 0 heterocycles. The molecule has 4 aliphatic carbocycles. The maximum absolute atomic E-state index is 12.2.